The van der Waals surface area contributed by atoms with Gasteiger partial charge in [-0.2, -0.15) is 0 Å². The molecule has 1 aliphatic heterocycles. The molecule has 2 aromatic carbocycles. The van der Waals surface area contributed by atoms with Gasteiger partial charge in [0, 0.05) is 50.4 Å². The number of amides is 1. The maximum absolute atomic E-state index is 12.7. The molecule has 8 nitrogen and oxygen atoms in total. The van der Waals surface area contributed by atoms with Crippen LogP contribution in [0.5, 0.6) is 0 Å². The maximum Gasteiger partial charge on any atom is 0.328 e. The lowest BCUT2D eigenvalue weighted by atomic mass is 10.1. The van der Waals surface area contributed by atoms with Crippen LogP contribution < -0.4 is 16.1 Å². The molecule has 160 valence electrons. The normalized spacial score (nSPS) is 14.1. The zero-order valence-corrected chi connectivity index (χ0v) is 17.3. The van der Waals surface area contributed by atoms with Gasteiger partial charge in [0.2, 0.25) is 5.91 Å². The van der Waals surface area contributed by atoms with Crippen molar-refractivity contribution >= 4 is 28.3 Å². The average Bonchev–Trinajstić information content (AvgIpc) is 2.79. The topological polar surface area (TPSA) is 95.5 Å². The molecular weight excluding hydrogens is 396 g/mol. The fourth-order valence-electron chi connectivity index (χ4n) is 3.89. The monoisotopic (exact) mass is 420 g/mol. The van der Waals surface area contributed by atoms with Crippen molar-refractivity contribution in [2.45, 2.75) is 19.9 Å². The van der Waals surface area contributed by atoms with E-state index in [0.717, 1.165) is 10.3 Å². The van der Waals surface area contributed by atoms with Gasteiger partial charge in [-0.15, -0.1) is 0 Å². The van der Waals surface area contributed by atoms with E-state index in [1.807, 2.05) is 24.3 Å². The zero-order chi connectivity index (χ0) is 22.0. The summed E-state index contributed by atoms with van der Waals surface area (Å²) in [7, 11) is 0. The van der Waals surface area contributed by atoms with E-state index in [1.165, 1.54) is 0 Å². The van der Waals surface area contributed by atoms with Crippen molar-refractivity contribution in [1.29, 1.82) is 0 Å². The van der Waals surface area contributed by atoms with Crippen LogP contribution in [-0.4, -0.2) is 52.3 Å². The molecule has 1 N–H and O–H groups in total. The number of carbonyl (C=O) groups excluding carboxylic acids is 2. The third-order valence-electron chi connectivity index (χ3n) is 5.71. The number of hydrogen-bond donors (Lipinski definition) is 1. The number of benzene rings is 2. The summed E-state index contributed by atoms with van der Waals surface area (Å²) >= 11 is 0. The van der Waals surface area contributed by atoms with Crippen LogP contribution in [0, 0.1) is 0 Å². The molecule has 0 saturated carbocycles. The molecule has 4 rings (SSSR count). The molecule has 0 radical (unpaired) electrons. The minimum Gasteiger partial charge on any atom is -0.368 e. The van der Waals surface area contributed by atoms with Crippen molar-refractivity contribution in [3.8, 4) is 0 Å². The fourth-order valence-corrected chi connectivity index (χ4v) is 3.89. The number of hydrogen-bond acceptors (Lipinski definition) is 5. The van der Waals surface area contributed by atoms with Crippen molar-refractivity contribution in [1.82, 2.24) is 14.5 Å². The number of piperazine rings is 1. The van der Waals surface area contributed by atoms with E-state index in [-0.39, 0.29) is 30.2 Å². The molecule has 1 aliphatic rings. The second kappa shape index (κ2) is 8.59. The lowest BCUT2D eigenvalue weighted by Gasteiger charge is -2.36. The number of anilines is 1. The third-order valence-corrected chi connectivity index (χ3v) is 5.71. The third kappa shape index (κ3) is 4.28. The molecule has 0 unspecified atom stereocenters. The lowest BCUT2D eigenvalue weighted by molar-refractivity contribution is -0.131. The average molecular weight is 420 g/mol. The highest BCUT2D eigenvalue weighted by Crippen LogP contribution is 2.18. The zero-order valence-electron chi connectivity index (χ0n) is 17.3. The van der Waals surface area contributed by atoms with Gasteiger partial charge in [0.15, 0.2) is 5.78 Å². The van der Waals surface area contributed by atoms with Gasteiger partial charge < -0.3 is 14.8 Å². The Hall–Kier alpha value is -3.68. The van der Waals surface area contributed by atoms with Crippen LogP contribution >= 0.6 is 0 Å². The van der Waals surface area contributed by atoms with Crippen LogP contribution in [0.1, 0.15) is 23.7 Å². The first-order chi connectivity index (χ1) is 14.9. The maximum atomic E-state index is 12.7. The molecule has 0 spiro atoms. The highest BCUT2D eigenvalue weighted by atomic mass is 16.2. The van der Waals surface area contributed by atoms with Crippen molar-refractivity contribution in [3.05, 3.63) is 74.9 Å². The fraction of sp³-hybridized carbons (Fsp3) is 0.304. The Morgan fingerprint density at radius 3 is 2.29 bits per heavy atom. The van der Waals surface area contributed by atoms with Crippen LogP contribution in [0.4, 0.5) is 5.69 Å². The van der Waals surface area contributed by atoms with Crippen molar-refractivity contribution in [2.75, 3.05) is 31.1 Å². The SMILES string of the molecule is CC(=O)c1ccc(N2CCN(C(=O)CCn3c(=O)[nH]c4ccccc4c3=O)CC2)cc1. The molecule has 31 heavy (non-hydrogen) atoms. The predicted molar refractivity (Wildman–Crippen MR) is 119 cm³/mol. The van der Waals surface area contributed by atoms with Gasteiger partial charge >= 0.3 is 5.69 Å². The number of aromatic amines is 1. The number of carbonyl (C=O) groups is 2. The molecule has 1 amide bonds. The Balaban J connectivity index is 1.37. The molecular formula is C23H24N4O4. The van der Waals surface area contributed by atoms with Gasteiger partial charge in [0.25, 0.3) is 5.56 Å². The first kappa shape index (κ1) is 20.6. The van der Waals surface area contributed by atoms with Gasteiger partial charge in [0.1, 0.15) is 0 Å². The molecule has 1 saturated heterocycles. The molecule has 8 heteroatoms. The Bertz CT molecular complexity index is 1230. The van der Waals surface area contributed by atoms with E-state index in [9.17, 15) is 19.2 Å². The Kier molecular flexibility index (Phi) is 5.70. The van der Waals surface area contributed by atoms with Crippen LogP contribution in [0.15, 0.2) is 58.1 Å². The summed E-state index contributed by atoms with van der Waals surface area (Å²) in [5.41, 5.74) is 1.30. The van der Waals surface area contributed by atoms with E-state index in [0.29, 0.717) is 42.6 Å². The van der Waals surface area contributed by atoms with E-state index in [1.54, 1.807) is 36.1 Å². The lowest BCUT2D eigenvalue weighted by Crippen LogP contribution is -2.49. The summed E-state index contributed by atoms with van der Waals surface area (Å²) in [6.07, 6.45) is 0.0919. The first-order valence-corrected chi connectivity index (χ1v) is 10.3. The van der Waals surface area contributed by atoms with Crippen LogP contribution in [0.2, 0.25) is 0 Å². The number of fused-ring (bicyclic) bond motifs is 1. The molecule has 1 aromatic heterocycles. The van der Waals surface area contributed by atoms with Gasteiger partial charge in [-0.1, -0.05) is 12.1 Å². The van der Waals surface area contributed by atoms with Gasteiger partial charge in [0.05, 0.1) is 10.9 Å². The molecule has 3 aromatic rings. The molecule has 2 heterocycles. The first-order valence-electron chi connectivity index (χ1n) is 10.3. The summed E-state index contributed by atoms with van der Waals surface area (Å²) in [5, 5.41) is 0.430. The Morgan fingerprint density at radius 2 is 1.61 bits per heavy atom. The van der Waals surface area contributed by atoms with Gasteiger partial charge in [-0.25, -0.2) is 4.79 Å². The van der Waals surface area contributed by atoms with Crippen LogP contribution in [0.3, 0.4) is 0 Å². The largest absolute Gasteiger partial charge is 0.368 e. The number of para-hydroxylation sites is 1. The van der Waals surface area contributed by atoms with E-state index in [4.69, 9.17) is 0 Å². The van der Waals surface area contributed by atoms with Crippen molar-refractivity contribution < 1.29 is 9.59 Å². The number of aromatic nitrogens is 2. The molecule has 0 atom stereocenters. The summed E-state index contributed by atoms with van der Waals surface area (Å²) in [6.45, 7) is 4.08. The molecule has 0 bridgehead atoms. The van der Waals surface area contributed by atoms with E-state index >= 15 is 0 Å². The smallest absolute Gasteiger partial charge is 0.328 e. The van der Waals surface area contributed by atoms with E-state index < -0.39 is 5.69 Å². The van der Waals surface area contributed by atoms with Gasteiger partial charge in [-0.3, -0.25) is 19.0 Å². The number of Topliss-reactive ketones (excluding diaryl/α,β-unsaturated/α-hetero) is 1. The molecule has 1 fully saturated rings. The van der Waals surface area contributed by atoms with Crippen molar-refractivity contribution in [3.63, 3.8) is 0 Å². The Morgan fingerprint density at radius 1 is 0.935 bits per heavy atom. The number of rotatable bonds is 5. The number of ketones is 1. The highest BCUT2D eigenvalue weighted by Gasteiger charge is 2.21. The summed E-state index contributed by atoms with van der Waals surface area (Å²) in [4.78, 5) is 55.6. The number of H-pyrrole nitrogens is 1. The minimum absolute atomic E-state index is 0.0336. The van der Waals surface area contributed by atoms with Crippen LogP contribution in [0.25, 0.3) is 10.9 Å². The highest BCUT2D eigenvalue weighted by molar-refractivity contribution is 5.94. The summed E-state index contributed by atoms with van der Waals surface area (Å²) < 4.78 is 1.09. The van der Waals surface area contributed by atoms with E-state index in [2.05, 4.69) is 9.88 Å². The molecule has 0 aliphatic carbocycles. The number of nitrogens with zero attached hydrogens (tertiary/aromatic N) is 3. The summed E-state index contributed by atoms with van der Waals surface area (Å²) in [6, 6.07) is 14.3. The van der Waals surface area contributed by atoms with Crippen LogP contribution in [-0.2, 0) is 11.3 Å². The second-order valence-corrected chi connectivity index (χ2v) is 7.65. The quantitative estimate of drug-likeness (QED) is 0.633. The predicted octanol–water partition coefficient (Wildman–Crippen LogP) is 1.63. The Labute approximate surface area is 178 Å². The second-order valence-electron chi connectivity index (χ2n) is 7.65. The minimum atomic E-state index is -0.504. The van der Waals surface area contributed by atoms with Crippen molar-refractivity contribution in [2.24, 2.45) is 0 Å². The standard InChI is InChI=1S/C23H24N4O4/c1-16(28)17-6-8-18(9-7-17)25-12-14-26(15-13-25)21(29)10-11-27-22(30)19-4-2-3-5-20(19)24-23(27)31/h2-9H,10-15H2,1H3,(H,24,31). The van der Waals surface area contributed by atoms with Gasteiger partial charge in [-0.05, 0) is 43.3 Å². The number of nitrogens with one attached hydrogen (secondary N) is 1. The summed E-state index contributed by atoms with van der Waals surface area (Å²) in [5.74, 6) is -0.0441.